The molecule has 90 heavy (non-hydrogen) atoms. The number of unbranched alkanes of at least 4 members (excludes halogenated alkanes) is 1. The number of hydrogen-bond acceptors (Lipinski definition) is 13. The van der Waals surface area contributed by atoms with Crippen LogP contribution in [0.5, 0.6) is 0 Å². The van der Waals surface area contributed by atoms with Gasteiger partial charge in [0.15, 0.2) is 0 Å². The summed E-state index contributed by atoms with van der Waals surface area (Å²) in [5.74, 6) is 1.67. The van der Waals surface area contributed by atoms with Crippen LogP contribution in [0.2, 0.25) is 0 Å². The molecule has 0 heterocycles. The molecule has 2 rings (SSSR count). The lowest BCUT2D eigenvalue weighted by molar-refractivity contribution is -0.130. The second-order valence-electron chi connectivity index (χ2n) is 27.7. The minimum atomic E-state index is -0.397. The number of carbonyl (C=O) groups excluding carboxylic acids is 5. The number of hydrogen-bond donors (Lipinski definition) is 4. The predicted molar refractivity (Wildman–Crippen MR) is 362 cm³/mol. The first-order chi connectivity index (χ1) is 43.2. The van der Waals surface area contributed by atoms with E-state index in [0.717, 1.165) is 38.5 Å². The van der Waals surface area contributed by atoms with E-state index in [4.69, 9.17) is 37.9 Å². The van der Waals surface area contributed by atoms with Gasteiger partial charge in [-0.25, -0.2) is 0 Å². The van der Waals surface area contributed by atoms with Gasteiger partial charge in [-0.05, 0) is 145 Å². The number of Topliss-reactive ketones (excluding diaryl/α,β-unsaturated/α-hetero) is 1. The summed E-state index contributed by atoms with van der Waals surface area (Å²) >= 11 is 0. The Morgan fingerprint density at radius 1 is 0.400 bits per heavy atom. The number of allylic oxidation sites excluding steroid dienone is 4. The molecular formula is C73H134N4O13. The highest BCUT2D eigenvalue weighted by Crippen LogP contribution is 2.44. The maximum Gasteiger partial charge on any atom is 0.223 e. The zero-order chi connectivity index (χ0) is 66.1. The van der Waals surface area contributed by atoms with Crippen molar-refractivity contribution in [2.75, 3.05) is 132 Å². The smallest absolute Gasteiger partial charge is 0.223 e. The number of amides is 4. The second kappa shape index (κ2) is 52.0. The lowest BCUT2D eigenvalue weighted by atomic mass is 9.70. The van der Waals surface area contributed by atoms with Gasteiger partial charge in [-0.15, -0.1) is 0 Å². The standard InChI is InChI=1S/C73H134N4O13/c1-12-74-68(79)32-41-85-45-49-88-51-53-90-54-52-89-50-46-86-42-33-69(80)75-37-19-39-83-43-47-87-48-44-84-40-20-38-77-71(82)64(57-65(78)55-60(4)23-15-21-58(2)28-30-66-62(6)25-17-34-72(66,8)9)27-13-14-36-76-70(81)56-61(5)24-16-22-59(3)29-31-67-63(7)26-18-35-73(67,10)11/h58-61,64H,12-57H2,1-11H3,(H,74,79)(H,75,80)(H,76,81)(H,77,82)/t58?,59?,60?,61?,64-/m1/s1. The van der Waals surface area contributed by atoms with E-state index < -0.39 is 5.92 Å². The Bertz CT molecular complexity index is 1980. The van der Waals surface area contributed by atoms with Crippen molar-refractivity contribution in [2.45, 2.75) is 243 Å². The monoisotopic (exact) mass is 1270 g/mol. The average Bonchev–Trinajstić information content (AvgIpc) is 1.21. The highest BCUT2D eigenvalue weighted by Gasteiger charge is 2.30. The molecule has 0 aromatic carbocycles. The minimum Gasteiger partial charge on any atom is -0.379 e. The molecule has 0 saturated carbocycles. The minimum absolute atomic E-state index is 0.0149. The fourth-order valence-corrected chi connectivity index (χ4v) is 12.7. The molecule has 4 N–H and O–H groups in total. The third-order valence-corrected chi connectivity index (χ3v) is 18.3. The first kappa shape index (κ1) is 82.8. The number of ether oxygens (including phenoxy) is 8. The Balaban J connectivity index is 1.57. The second-order valence-corrected chi connectivity index (χ2v) is 27.7. The lowest BCUT2D eigenvalue weighted by Gasteiger charge is -2.35. The Morgan fingerprint density at radius 2 is 0.778 bits per heavy atom. The van der Waals surface area contributed by atoms with Crippen molar-refractivity contribution in [3.8, 4) is 0 Å². The van der Waals surface area contributed by atoms with Crippen LogP contribution in [0, 0.1) is 40.4 Å². The summed E-state index contributed by atoms with van der Waals surface area (Å²) < 4.78 is 44.4. The van der Waals surface area contributed by atoms with Crippen molar-refractivity contribution in [3.05, 3.63) is 22.3 Å². The highest BCUT2D eigenvalue weighted by atomic mass is 16.6. The molecular weight excluding hydrogens is 1140 g/mol. The largest absolute Gasteiger partial charge is 0.379 e. The fourth-order valence-electron chi connectivity index (χ4n) is 12.7. The highest BCUT2D eigenvalue weighted by molar-refractivity contribution is 5.87. The molecule has 4 unspecified atom stereocenters. The summed E-state index contributed by atoms with van der Waals surface area (Å²) in [7, 11) is 0. The predicted octanol–water partition coefficient (Wildman–Crippen LogP) is 13.2. The topological polar surface area (TPSA) is 207 Å². The van der Waals surface area contributed by atoms with E-state index in [9.17, 15) is 24.0 Å². The zero-order valence-electron chi connectivity index (χ0n) is 59.2. The van der Waals surface area contributed by atoms with Crippen LogP contribution in [-0.2, 0) is 61.9 Å². The van der Waals surface area contributed by atoms with Crippen molar-refractivity contribution in [1.82, 2.24) is 21.3 Å². The maximum atomic E-state index is 13.7. The van der Waals surface area contributed by atoms with E-state index in [-0.39, 0.29) is 48.2 Å². The third-order valence-electron chi connectivity index (χ3n) is 18.3. The molecule has 0 spiro atoms. The van der Waals surface area contributed by atoms with Crippen molar-refractivity contribution < 1.29 is 61.9 Å². The summed E-state index contributed by atoms with van der Waals surface area (Å²) in [6.07, 6.45) is 24.7. The molecule has 0 aromatic heterocycles. The van der Waals surface area contributed by atoms with Gasteiger partial charge >= 0.3 is 0 Å². The fraction of sp³-hybridized carbons (Fsp3) is 0.877. The summed E-state index contributed by atoms with van der Waals surface area (Å²) in [5, 5.41) is 11.9. The molecule has 5 atom stereocenters. The molecule has 0 fully saturated rings. The molecule has 4 amide bonds. The maximum absolute atomic E-state index is 13.7. The summed E-state index contributed by atoms with van der Waals surface area (Å²) in [6, 6.07) is 0. The molecule has 0 bridgehead atoms. The Hall–Kier alpha value is -3.29. The Morgan fingerprint density at radius 3 is 1.22 bits per heavy atom. The van der Waals surface area contributed by atoms with Crippen LogP contribution >= 0.6 is 0 Å². The van der Waals surface area contributed by atoms with Crippen LogP contribution in [0.3, 0.4) is 0 Å². The molecule has 2 aliphatic carbocycles. The van der Waals surface area contributed by atoms with Crippen LogP contribution in [0.4, 0.5) is 0 Å². The van der Waals surface area contributed by atoms with E-state index >= 15 is 0 Å². The van der Waals surface area contributed by atoms with Gasteiger partial charge in [0, 0.05) is 77.4 Å². The van der Waals surface area contributed by atoms with Gasteiger partial charge in [-0.3, -0.25) is 24.0 Å². The molecule has 0 aliphatic heterocycles. The van der Waals surface area contributed by atoms with Crippen molar-refractivity contribution in [2.24, 2.45) is 40.4 Å². The molecule has 0 aromatic rings. The molecule has 0 radical (unpaired) electrons. The Kier molecular flexibility index (Phi) is 47.9. The van der Waals surface area contributed by atoms with E-state index in [0.29, 0.717) is 199 Å². The van der Waals surface area contributed by atoms with Gasteiger partial charge in [-0.1, -0.05) is 123 Å². The van der Waals surface area contributed by atoms with Gasteiger partial charge in [0.05, 0.1) is 92.5 Å². The van der Waals surface area contributed by atoms with Gasteiger partial charge < -0.3 is 59.2 Å². The molecule has 17 heteroatoms. The van der Waals surface area contributed by atoms with Gasteiger partial charge in [0.2, 0.25) is 23.6 Å². The molecule has 2 aliphatic rings. The first-order valence-corrected chi connectivity index (χ1v) is 35.8. The van der Waals surface area contributed by atoms with E-state index in [1.807, 2.05) is 6.92 Å². The first-order valence-electron chi connectivity index (χ1n) is 35.8. The van der Waals surface area contributed by atoms with Crippen LogP contribution in [0.15, 0.2) is 22.3 Å². The van der Waals surface area contributed by atoms with Crippen LogP contribution in [0.1, 0.15) is 243 Å². The quantitative estimate of drug-likeness (QED) is 0.0331. The molecule has 524 valence electrons. The van der Waals surface area contributed by atoms with Crippen molar-refractivity contribution >= 4 is 29.4 Å². The van der Waals surface area contributed by atoms with Crippen LogP contribution in [0.25, 0.3) is 0 Å². The number of rotatable bonds is 59. The van der Waals surface area contributed by atoms with E-state index in [1.54, 1.807) is 22.3 Å². The van der Waals surface area contributed by atoms with Gasteiger partial charge in [0.1, 0.15) is 5.78 Å². The SMILES string of the molecule is CCNC(=O)CCOCCOCCOCCOCCOCCC(=O)NCCCOCCOCCOCCCNC(=O)[C@H](CCCCNC(=O)CC(C)CCCC(C)CCC1=C(C)CCCC1(C)C)CC(=O)CC(C)CCCC(C)CCC1=C(C)CCCC1(C)C. The van der Waals surface area contributed by atoms with E-state index in [1.165, 1.54) is 77.0 Å². The normalized spacial score (nSPS) is 16.6. The molecule has 0 saturated heterocycles. The molecule has 17 nitrogen and oxygen atoms in total. The van der Waals surface area contributed by atoms with E-state index in [2.05, 4.69) is 90.5 Å². The summed E-state index contributed by atoms with van der Waals surface area (Å²) in [4.78, 5) is 63.7. The Labute approximate surface area is 548 Å². The van der Waals surface area contributed by atoms with Crippen molar-refractivity contribution in [3.63, 3.8) is 0 Å². The van der Waals surface area contributed by atoms with Crippen molar-refractivity contribution in [1.29, 1.82) is 0 Å². The van der Waals surface area contributed by atoms with Crippen LogP contribution in [-0.4, -0.2) is 161 Å². The van der Waals surface area contributed by atoms with Gasteiger partial charge in [0.25, 0.3) is 0 Å². The summed E-state index contributed by atoms with van der Waals surface area (Å²) in [6.45, 7) is 34.5. The average molecular weight is 1280 g/mol. The number of ketones is 1. The number of nitrogens with one attached hydrogen (secondary N) is 4. The lowest BCUT2D eigenvalue weighted by Crippen LogP contribution is -2.33. The zero-order valence-corrected chi connectivity index (χ0v) is 59.2. The third kappa shape index (κ3) is 42.8. The number of carbonyl (C=O) groups is 5. The van der Waals surface area contributed by atoms with Crippen LogP contribution < -0.4 is 21.3 Å². The summed E-state index contributed by atoms with van der Waals surface area (Å²) in [5.41, 5.74) is 7.28. The van der Waals surface area contributed by atoms with Gasteiger partial charge in [-0.2, -0.15) is 0 Å².